The number of ketones is 1. The van der Waals surface area contributed by atoms with Crippen LogP contribution in [0.15, 0.2) is 12.1 Å². The number of carbonyl (C=O) groups excluding carboxylic acids is 1. The first-order valence-corrected chi connectivity index (χ1v) is 4.43. The maximum absolute atomic E-state index is 13.2. The number of carboxylic acid groups (broad SMARTS) is 1. The Labute approximate surface area is 89.7 Å². The number of carboxylic acids is 1. The van der Waals surface area contributed by atoms with Crippen molar-refractivity contribution in [1.29, 1.82) is 0 Å². The van der Waals surface area contributed by atoms with Crippen LogP contribution >= 0.6 is 0 Å². The fourth-order valence-corrected chi connectivity index (χ4v) is 1.21. The predicted octanol–water partition coefficient (Wildman–Crippen LogP) is 1.19. The lowest BCUT2D eigenvalue weighted by Crippen LogP contribution is -2.11. The summed E-state index contributed by atoms with van der Waals surface area (Å²) in [4.78, 5) is 21.7. The number of carbonyl (C=O) groups is 2. The highest BCUT2D eigenvalue weighted by atomic mass is 19.1. The van der Waals surface area contributed by atoms with Gasteiger partial charge < -0.3 is 10.8 Å². The van der Waals surface area contributed by atoms with Gasteiger partial charge in [0.25, 0.3) is 0 Å². The summed E-state index contributed by atoms with van der Waals surface area (Å²) >= 11 is 0. The van der Waals surface area contributed by atoms with E-state index in [0.717, 1.165) is 0 Å². The van der Waals surface area contributed by atoms with Crippen LogP contribution in [0, 0.1) is 11.6 Å². The van der Waals surface area contributed by atoms with E-state index in [0.29, 0.717) is 12.1 Å². The van der Waals surface area contributed by atoms with Crippen LogP contribution in [0.3, 0.4) is 0 Å². The van der Waals surface area contributed by atoms with Crippen LogP contribution in [0.1, 0.15) is 27.1 Å². The molecule has 0 atom stereocenters. The van der Waals surface area contributed by atoms with Gasteiger partial charge in [-0.25, -0.2) is 13.6 Å². The first kappa shape index (κ1) is 12.3. The molecule has 4 nitrogen and oxygen atoms in total. The Morgan fingerprint density at radius 3 is 2.12 bits per heavy atom. The molecule has 0 spiro atoms. The Morgan fingerprint density at radius 2 is 1.75 bits per heavy atom. The minimum absolute atomic E-state index is 0.0503. The highest BCUT2D eigenvalue weighted by Gasteiger charge is 2.19. The lowest BCUT2D eigenvalue weighted by Gasteiger charge is -2.03. The second-order valence-corrected chi connectivity index (χ2v) is 3.08. The minimum atomic E-state index is -1.71. The molecule has 0 aliphatic rings. The minimum Gasteiger partial charge on any atom is -0.477 e. The molecule has 0 aliphatic heterocycles. The van der Waals surface area contributed by atoms with E-state index in [-0.39, 0.29) is 18.5 Å². The topological polar surface area (TPSA) is 80.4 Å². The smallest absolute Gasteiger partial charge is 0.341 e. The molecule has 0 unspecified atom stereocenters. The Kier molecular flexibility index (Phi) is 3.68. The van der Waals surface area contributed by atoms with Crippen molar-refractivity contribution in [2.75, 3.05) is 6.54 Å². The number of halogens is 2. The van der Waals surface area contributed by atoms with Gasteiger partial charge in [-0.05, 0) is 18.7 Å². The van der Waals surface area contributed by atoms with Crippen LogP contribution in [0.4, 0.5) is 8.78 Å². The summed E-state index contributed by atoms with van der Waals surface area (Å²) in [6.45, 7) is 0.0583. The highest BCUT2D eigenvalue weighted by Crippen LogP contribution is 2.16. The standard InChI is InChI=1S/C10H9F2NO3/c11-6-3-5(8(14)1-2-13)4-7(12)9(6)10(15)16/h3-4H,1-2,13H2,(H,15,16). The van der Waals surface area contributed by atoms with Gasteiger partial charge in [0.05, 0.1) is 0 Å². The monoisotopic (exact) mass is 229 g/mol. The van der Waals surface area contributed by atoms with Crippen molar-refractivity contribution in [2.24, 2.45) is 5.73 Å². The van der Waals surface area contributed by atoms with E-state index in [1.165, 1.54) is 0 Å². The summed E-state index contributed by atoms with van der Waals surface area (Å²) in [6, 6.07) is 1.40. The van der Waals surface area contributed by atoms with Gasteiger partial charge >= 0.3 is 5.97 Å². The van der Waals surface area contributed by atoms with Gasteiger partial charge in [0.2, 0.25) is 0 Å². The normalized spacial score (nSPS) is 10.2. The zero-order valence-electron chi connectivity index (χ0n) is 8.17. The predicted molar refractivity (Wildman–Crippen MR) is 51.3 cm³/mol. The Morgan fingerprint density at radius 1 is 1.25 bits per heavy atom. The first-order chi connectivity index (χ1) is 7.47. The van der Waals surface area contributed by atoms with E-state index < -0.39 is 29.0 Å². The van der Waals surface area contributed by atoms with Crippen molar-refractivity contribution in [3.05, 3.63) is 34.9 Å². The molecule has 0 radical (unpaired) electrons. The number of hydrogen-bond donors (Lipinski definition) is 2. The summed E-state index contributed by atoms with van der Waals surface area (Å²) in [6.07, 6.45) is -0.0503. The quantitative estimate of drug-likeness (QED) is 0.760. The van der Waals surface area contributed by atoms with Crippen molar-refractivity contribution in [2.45, 2.75) is 6.42 Å². The molecule has 3 N–H and O–H groups in total. The number of aromatic carboxylic acids is 1. The second-order valence-electron chi connectivity index (χ2n) is 3.08. The van der Waals surface area contributed by atoms with E-state index in [9.17, 15) is 18.4 Å². The molecule has 86 valence electrons. The summed E-state index contributed by atoms with van der Waals surface area (Å²) in [5.41, 5.74) is 3.84. The van der Waals surface area contributed by atoms with Crippen LogP contribution in [-0.4, -0.2) is 23.4 Å². The summed E-state index contributed by atoms with van der Waals surface area (Å²) in [5.74, 6) is -4.79. The molecule has 0 saturated carbocycles. The van der Waals surface area contributed by atoms with Crippen LogP contribution in [0.2, 0.25) is 0 Å². The largest absolute Gasteiger partial charge is 0.477 e. The Hall–Kier alpha value is -1.82. The number of hydrogen-bond acceptors (Lipinski definition) is 3. The second kappa shape index (κ2) is 4.80. The average Bonchev–Trinajstić information content (AvgIpc) is 2.16. The summed E-state index contributed by atoms with van der Waals surface area (Å²) < 4.78 is 26.3. The van der Waals surface area contributed by atoms with Crippen LogP contribution in [-0.2, 0) is 0 Å². The molecule has 0 aromatic heterocycles. The van der Waals surface area contributed by atoms with Crippen molar-refractivity contribution in [3.63, 3.8) is 0 Å². The zero-order chi connectivity index (χ0) is 12.3. The third-order valence-electron chi connectivity index (χ3n) is 1.95. The van der Waals surface area contributed by atoms with Crippen molar-refractivity contribution >= 4 is 11.8 Å². The zero-order valence-corrected chi connectivity index (χ0v) is 8.17. The summed E-state index contributed by atoms with van der Waals surface area (Å²) in [5, 5.41) is 8.49. The molecular formula is C10H9F2NO3. The molecule has 6 heteroatoms. The van der Waals surface area contributed by atoms with E-state index in [4.69, 9.17) is 10.8 Å². The Balaban J connectivity index is 3.19. The number of nitrogens with two attached hydrogens (primary N) is 1. The first-order valence-electron chi connectivity index (χ1n) is 4.43. The van der Waals surface area contributed by atoms with Crippen molar-refractivity contribution < 1.29 is 23.5 Å². The fourth-order valence-electron chi connectivity index (χ4n) is 1.21. The van der Waals surface area contributed by atoms with Gasteiger partial charge in [-0.15, -0.1) is 0 Å². The molecule has 0 aliphatic carbocycles. The van der Waals surface area contributed by atoms with Gasteiger partial charge in [0, 0.05) is 12.0 Å². The molecule has 1 aromatic carbocycles. The molecule has 0 saturated heterocycles. The summed E-state index contributed by atoms with van der Waals surface area (Å²) in [7, 11) is 0. The van der Waals surface area contributed by atoms with Crippen LogP contribution in [0.5, 0.6) is 0 Å². The SMILES string of the molecule is NCCC(=O)c1cc(F)c(C(=O)O)c(F)c1. The molecule has 0 amide bonds. The van der Waals surface area contributed by atoms with Gasteiger partial charge in [-0.2, -0.15) is 0 Å². The molecular weight excluding hydrogens is 220 g/mol. The Bertz CT molecular complexity index is 423. The van der Waals surface area contributed by atoms with Gasteiger partial charge in [-0.1, -0.05) is 0 Å². The number of benzene rings is 1. The van der Waals surface area contributed by atoms with Crippen molar-refractivity contribution in [3.8, 4) is 0 Å². The van der Waals surface area contributed by atoms with E-state index in [1.54, 1.807) is 0 Å². The molecule has 1 aromatic rings. The van der Waals surface area contributed by atoms with E-state index in [2.05, 4.69) is 0 Å². The maximum Gasteiger partial charge on any atom is 0.341 e. The molecule has 0 heterocycles. The molecule has 16 heavy (non-hydrogen) atoms. The number of rotatable bonds is 4. The lowest BCUT2D eigenvalue weighted by atomic mass is 10.0. The third kappa shape index (κ3) is 2.40. The van der Waals surface area contributed by atoms with Gasteiger partial charge in [-0.3, -0.25) is 4.79 Å². The maximum atomic E-state index is 13.2. The molecule has 0 fully saturated rings. The van der Waals surface area contributed by atoms with Crippen LogP contribution in [0.25, 0.3) is 0 Å². The van der Waals surface area contributed by atoms with E-state index >= 15 is 0 Å². The number of Topliss-reactive ketones (excluding diaryl/α,β-unsaturated/α-hetero) is 1. The fraction of sp³-hybridized carbons (Fsp3) is 0.200. The van der Waals surface area contributed by atoms with Crippen molar-refractivity contribution in [1.82, 2.24) is 0 Å². The highest BCUT2D eigenvalue weighted by molar-refractivity contribution is 5.97. The third-order valence-corrected chi connectivity index (χ3v) is 1.95. The average molecular weight is 229 g/mol. The van der Waals surface area contributed by atoms with Crippen LogP contribution < -0.4 is 5.73 Å². The van der Waals surface area contributed by atoms with Gasteiger partial charge in [0.15, 0.2) is 5.78 Å². The van der Waals surface area contributed by atoms with E-state index in [1.807, 2.05) is 0 Å². The molecule has 0 bridgehead atoms. The lowest BCUT2D eigenvalue weighted by molar-refractivity contribution is 0.0685. The molecule has 1 rings (SSSR count). The van der Waals surface area contributed by atoms with Gasteiger partial charge in [0.1, 0.15) is 17.2 Å².